The number of amides is 13. The molecule has 0 spiro atoms. The first-order valence-electron chi connectivity index (χ1n) is 34.4. The summed E-state index contributed by atoms with van der Waals surface area (Å²) in [4.78, 5) is 185. The fraction of sp³-hybridized carbons (Fsp3) is 0.431. The predicted octanol–water partition coefficient (Wildman–Crippen LogP) is -0.625. The lowest BCUT2D eigenvalue weighted by molar-refractivity contribution is -0.142. The number of pyridine rings is 1. The molecule has 106 heavy (non-hydrogen) atoms. The number of fused-ring (bicyclic) bond motifs is 1. The zero-order valence-corrected chi connectivity index (χ0v) is 60.4. The molecular weight excluding hydrogens is 1390 g/mol. The van der Waals surface area contributed by atoms with Gasteiger partial charge in [0, 0.05) is 76.6 Å². The standard InChI is InChI=1S/C70H92ClN17O14.C2H4O2/c1-39(2)31-52(61(94)82-51(15-9-28-77-69(73)74)68(101)88-30-10-16-58(88)67(100)79-40(3)59(72)92)83-60(93)50(14-8-29-78-70(75)102)81-63(96)54(34-43-20-25-49(91)26-21-43)86-66(99)57(38-89)87-65(98)56(36-45-11-7-27-76-37-45)85-64(97)55(33-42-18-23-48(71)24-19-42)84-62(95)53(80-41(4)90)35-44-17-22-46-12-5-6-13-47(46)32-44;1-2(3)4/h5-7,11-13,17-27,32,37,39-40,50-58,89,91H,8-10,14-16,28-31,33-36,38H2,1-4H3,(H2,72,92)(H,79,100)(H,80,90)(H,81,96)(H,82,94)(H,83,93)(H,84,95)(H,85,97)(H,86,99)(H,87,98)(H4,73,74,77)(H3,75,78,102);1H3,(H,3,4)/t40?,50-,51+,52+,53-,54+,55-,56-,57+,58+;/m1./s1. The number of aromatic hydroxyl groups is 1. The Bertz CT molecular complexity index is 3880. The zero-order valence-electron chi connectivity index (χ0n) is 59.6. The summed E-state index contributed by atoms with van der Waals surface area (Å²) in [6.45, 7) is 6.23. The van der Waals surface area contributed by atoms with Gasteiger partial charge in [0.05, 0.1) is 6.61 Å². The van der Waals surface area contributed by atoms with E-state index in [1.807, 2.05) is 42.5 Å². The summed E-state index contributed by atoms with van der Waals surface area (Å²) in [7, 11) is 0. The maximum absolute atomic E-state index is 14.9. The van der Waals surface area contributed by atoms with E-state index in [0.29, 0.717) is 33.7 Å². The number of carbonyl (C=O) groups excluding carboxylic acids is 12. The molecule has 34 heteroatoms. The molecule has 10 atom stereocenters. The minimum Gasteiger partial charge on any atom is -0.508 e. The van der Waals surface area contributed by atoms with Crippen molar-refractivity contribution in [1.82, 2.24) is 63.1 Å². The van der Waals surface area contributed by atoms with E-state index in [0.717, 1.165) is 17.7 Å². The first kappa shape index (κ1) is 85.2. The number of aliphatic hydroxyl groups excluding tert-OH is 1. The summed E-state index contributed by atoms with van der Waals surface area (Å²) in [5, 5.41) is 57.0. The van der Waals surface area contributed by atoms with Crippen molar-refractivity contribution in [2.24, 2.45) is 33.8 Å². The van der Waals surface area contributed by atoms with Crippen LogP contribution in [-0.4, -0.2) is 195 Å². The van der Waals surface area contributed by atoms with Gasteiger partial charge in [-0.15, -0.1) is 0 Å². The van der Waals surface area contributed by atoms with Crippen molar-refractivity contribution in [3.05, 3.63) is 143 Å². The summed E-state index contributed by atoms with van der Waals surface area (Å²) < 4.78 is 0. The number of aromatic nitrogens is 1. The molecule has 4 aromatic carbocycles. The van der Waals surface area contributed by atoms with Gasteiger partial charge in [-0.1, -0.05) is 98.2 Å². The summed E-state index contributed by atoms with van der Waals surface area (Å²) >= 11 is 6.23. The molecule has 13 amide bonds. The second-order valence-electron chi connectivity index (χ2n) is 25.9. The smallest absolute Gasteiger partial charge is 0.312 e. The molecule has 0 bridgehead atoms. The highest BCUT2D eigenvalue weighted by Crippen LogP contribution is 2.22. The van der Waals surface area contributed by atoms with Crippen LogP contribution in [0.4, 0.5) is 4.79 Å². The number of phenols is 1. The number of rotatable bonds is 38. The number of nitrogens with one attached hydrogen (secondary N) is 10. The van der Waals surface area contributed by atoms with E-state index in [-0.39, 0.29) is 101 Å². The second-order valence-corrected chi connectivity index (χ2v) is 26.3. The van der Waals surface area contributed by atoms with Gasteiger partial charge < -0.3 is 96.3 Å². The topological polar surface area (TPSA) is 535 Å². The number of carboxylic acids is 1. The van der Waals surface area contributed by atoms with Gasteiger partial charge in [-0.25, -0.2) is 4.79 Å². The Labute approximate surface area is 617 Å². The number of benzene rings is 4. The SMILES string of the molecule is CC(=O)N[C@H](Cc1ccc2ccccc2c1)C(=O)N[C@H](Cc1ccc(Cl)cc1)C(=O)N[C@H](Cc1cccnc1)C(=O)N[C@@H](CO)C(=O)N[C@@H](Cc1ccc(O)cc1)C(=O)N[C@H](CCCNC(N)=O)C(=O)N[C@@H](CC(C)C)C(=O)N[C@@H](CCCN=C(N)N)C(=O)N1CCC[C@H]1C(=O)NC(C)C(N)=O.CC(=O)O. The van der Waals surface area contributed by atoms with Crippen LogP contribution in [0.25, 0.3) is 10.8 Å². The fourth-order valence-electron chi connectivity index (χ4n) is 11.4. The molecule has 1 fully saturated rings. The third kappa shape index (κ3) is 29.3. The molecule has 572 valence electrons. The van der Waals surface area contributed by atoms with Crippen LogP contribution in [0.5, 0.6) is 5.75 Å². The number of aliphatic imine (C=N–C) groups is 1. The van der Waals surface area contributed by atoms with Crippen LogP contribution in [-0.2, 0) is 83.2 Å². The average Bonchev–Trinajstić information content (AvgIpc) is 1.47. The van der Waals surface area contributed by atoms with Crippen LogP contribution in [0.1, 0.15) is 102 Å². The van der Waals surface area contributed by atoms with Gasteiger partial charge in [-0.2, -0.15) is 0 Å². The number of carbonyl (C=O) groups is 13. The van der Waals surface area contributed by atoms with Crippen molar-refractivity contribution >= 4 is 105 Å². The predicted molar refractivity (Wildman–Crippen MR) is 392 cm³/mol. The number of aliphatic hydroxyl groups is 1. The number of phenolic OH excluding ortho intramolecular Hbond substituents is 1. The number of nitrogens with two attached hydrogens (primary N) is 4. The Morgan fingerprint density at radius 3 is 1.58 bits per heavy atom. The van der Waals surface area contributed by atoms with E-state index in [4.69, 9.17) is 44.4 Å². The average molecular weight is 1490 g/mol. The zero-order chi connectivity index (χ0) is 78.2. The minimum atomic E-state index is -1.85. The summed E-state index contributed by atoms with van der Waals surface area (Å²) in [6, 6.07) is 13.5. The van der Waals surface area contributed by atoms with Gasteiger partial charge in [-0.3, -0.25) is 67.5 Å². The summed E-state index contributed by atoms with van der Waals surface area (Å²) in [5.41, 5.74) is 23.9. The third-order valence-electron chi connectivity index (χ3n) is 16.7. The molecule has 6 rings (SSSR count). The highest BCUT2D eigenvalue weighted by Gasteiger charge is 2.40. The molecule has 0 radical (unpaired) electrons. The van der Waals surface area contributed by atoms with E-state index in [1.165, 1.54) is 55.4 Å². The Balaban J connectivity index is 0.00000491. The Hall–Kier alpha value is -11.5. The molecule has 1 aliphatic heterocycles. The first-order valence-corrected chi connectivity index (χ1v) is 34.8. The number of nitrogens with zero attached hydrogens (tertiary/aromatic N) is 3. The maximum atomic E-state index is 14.9. The first-order chi connectivity index (χ1) is 50.3. The van der Waals surface area contributed by atoms with Gasteiger partial charge >= 0.3 is 6.03 Å². The van der Waals surface area contributed by atoms with Crippen molar-refractivity contribution in [1.29, 1.82) is 0 Å². The van der Waals surface area contributed by atoms with Crippen molar-refractivity contribution < 1.29 is 77.6 Å². The Morgan fingerprint density at radius 1 is 0.566 bits per heavy atom. The van der Waals surface area contributed by atoms with Crippen LogP contribution < -0.4 is 76.1 Å². The van der Waals surface area contributed by atoms with Gasteiger partial charge in [-0.05, 0) is 121 Å². The maximum Gasteiger partial charge on any atom is 0.312 e. The van der Waals surface area contributed by atoms with E-state index < -0.39 is 144 Å². The Kier molecular flexibility index (Phi) is 34.5. The third-order valence-corrected chi connectivity index (χ3v) is 16.9. The van der Waals surface area contributed by atoms with E-state index in [1.54, 1.807) is 50.2 Å². The van der Waals surface area contributed by atoms with E-state index >= 15 is 0 Å². The highest BCUT2D eigenvalue weighted by atomic mass is 35.5. The molecular formula is C72H96ClN17O16. The number of urea groups is 1. The molecule has 0 saturated carbocycles. The number of hydrogen-bond acceptors (Lipinski definition) is 17. The summed E-state index contributed by atoms with van der Waals surface area (Å²) in [6.07, 6.45) is 2.70. The quantitative estimate of drug-likeness (QED) is 0.0133. The lowest BCUT2D eigenvalue weighted by atomic mass is 9.99. The van der Waals surface area contributed by atoms with Crippen LogP contribution in [0.15, 0.2) is 121 Å². The molecule has 0 aliphatic carbocycles. The van der Waals surface area contributed by atoms with Gasteiger partial charge in [0.1, 0.15) is 66.2 Å². The highest BCUT2D eigenvalue weighted by molar-refractivity contribution is 6.30. The van der Waals surface area contributed by atoms with Gasteiger partial charge in [0.15, 0.2) is 5.96 Å². The van der Waals surface area contributed by atoms with Crippen molar-refractivity contribution in [3.8, 4) is 5.75 Å². The van der Waals surface area contributed by atoms with Gasteiger partial charge in [0.2, 0.25) is 65.0 Å². The van der Waals surface area contributed by atoms with Crippen LogP contribution in [0.3, 0.4) is 0 Å². The second kappa shape index (κ2) is 43.0. The van der Waals surface area contributed by atoms with Crippen molar-refractivity contribution in [2.45, 2.75) is 166 Å². The lowest BCUT2D eigenvalue weighted by Crippen LogP contribution is -2.61. The van der Waals surface area contributed by atoms with E-state index in [2.05, 4.69) is 63.1 Å². The summed E-state index contributed by atoms with van der Waals surface area (Å²) in [5.74, 6) is -10.7. The Morgan fingerprint density at radius 2 is 1.05 bits per heavy atom. The lowest BCUT2D eigenvalue weighted by Gasteiger charge is -2.31. The van der Waals surface area contributed by atoms with Crippen molar-refractivity contribution in [3.63, 3.8) is 0 Å². The molecule has 1 aliphatic rings. The van der Waals surface area contributed by atoms with Gasteiger partial charge in [0.25, 0.3) is 5.97 Å². The number of guanidine groups is 1. The normalized spacial score (nSPS) is 14.9. The molecule has 21 N–H and O–H groups in total. The number of aliphatic carboxylic acids is 1. The van der Waals surface area contributed by atoms with Crippen molar-refractivity contribution in [2.75, 3.05) is 26.2 Å². The fourth-order valence-corrected chi connectivity index (χ4v) is 11.5. The molecule has 33 nitrogen and oxygen atoms in total. The number of halogens is 1. The van der Waals surface area contributed by atoms with Crippen LogP contribution >= 0.6 is 11.6 Å². The monoisotopic (exact) mass is 1490 g/mol. The number of primary amides is 2. The number of carboxylic acid groups (broad SMARTS) is 1. The van der Waals surface area contributed by atoms with E-state index in [9.17, 15) is 67.7 Å². The van der Waals surface area contributed by atoms with Crippen LogP contribution in [0, 0.1) is 5.92 Å². The van der Waals surface area contributed by atoms with Crippen LogP contribution in [0.2, 0.25) is 5.02 Å². The number of likely N-dealkylation sites (tertiary alicyclic amines) is 1. The molecule has 5 aromatic rings. The molecule has 1 unspecified atom stereocenters. The minimum absolute atomic E-state index is 0.000209. The molecule has 1 saturated heterocycles. The largest absolute Gasteiger partial charge is 0.508 e. The molecule has 2 heterocycles. The number of hydrogen-bond donors (Lipinski definition) is 17. The molecule has 1 aromatic heterocycles.